The van der Waals surface area contributed by atoms with Gasteiger partial charge in [0.1, 0.15) is 11.5 Å². The third kappa shape index (κ3) is 12.5. The fourth-order valence-corrected chi connectivity index (χ4v) is 8.56. The molecule has 7 atom stereocenters. The van der Waals surface area contributed by atoms with E-state index in [0.29, 0.717) is 25.9 Å². The van der Waals surface area contributed by atoms with Crippen LogP contribution in [0.15, 0.2) is 39.5 Å². The van der Waals surface area contributed by atoms with Crippen molar-refractivity contribution in [1.82, 2.24) is 0 Å². The zero-order chi connectivity index (χ0) is 36.5. The molecule has 0 aromatic heterocycles. The maximum atomic E-state index is 13.7. The smallest absolute Gasteiger partial charge is 0.192 e. The Morgan fingerprint density at radius 2 is 1.58 bits per heavy atom. The fourth-order valence-electron chi connectivity index (χ4n) is 5.45. The van der Waals surface area contributed by atoms with Crippen LogP contribution in [0, 0.1) is 11.8 Å². The van der Waals surface area contributed by atoms with Crippen molar-refractivity contribution in [1.29, 1.82) is 0 Å². The van der Waals surface area contributed by atoms with Gasteiger partial charge in [-0.05, 0) is 81.5 Å². The summed E-state index contributed by atoms with van der Waals surface area (Å²) in [5.74, 6) is 0.842. The van der Waals surface area contributed by atoms with E-state index in [1.807, 2.05) is 34.4 Å². The lowest BCUT2D eigenvalue weighted by Gasteiger charge is -2.50. The Bertz CT molecular complexity index is 1240. The molecule has 1 saturated heterocycles. The van der Waals surface area contributed by atoms with E-state index >= 15 is 0 Å². The van der Waals surface area contributed by atoms with E-state index in [4.69, 9.17) is 23.1 Å². The highest BCUT2D eigenvalue weighted by atomic mass is 127. The van der Waals surface area contributed by atoms with Gasteiger partial charge in [0.25, 0.3) is 0 Å². The molecule has 0 spiro atoms. The average Bonchev–Trinajstić information content (AvgIpc) is 2.97. The molecule has 1 heterocycles. The molecule has 0 bridgehead atoms. The first-order chi connectivity index (χ1) is 22.2. The topological polar surface area (TPSA) is 112 Å². The maximum Gasteiger partial charge on any atom is 0.192 e. The number of carbonyl (C=O) groups excluding carboxylic acids is 1. The van der Waals surface area contributed by atoms with Crippen molar-refractivity contribution < 1.29 is 27.9 Å². The van der Waals surface area contributed by atoms with E-state index in [1.165, 1.54) is 0 Å². The number of ketones is 1. The summed E-state index contributed by atoms with van der Waals surface area (Å²) in [5.41, 5.74) is 10.3. The molecule has 12 heteroatoms. The van der Waals surface area contributed by atoms with Crippen molar-refractivity contribution in [2.45, 2.75) is 148 Å². The van der Waals surface area contributed by atoms with Crippen molar-refractivity contribution in [2.24, 2.45) is 17.0 Å². The fraction of sp³-hybridized carbons (Fsp3) is 0.750. The Hall–Kier alpha value is -1.26. The summed E-state index contributed by atoms with van der Waals surface area (Å²) in [7, 11) is -2.74. The van der Waals surface area contributed by atoms with Crippen molar-refractivity contribution in [3.05, 3.63) is 50.4 Å². The standard InChI is InChI=1S/C36H62IN3O6Si2/c1-25(30(18-19-37)43-24-27-14-16-29(42-9)17-15-27)20-28(41)21-26(2)34-32(46-48(12,13)36(6,7)8)22-31(33(44-34)23-39-40-38)45-47(10,11)35(3,4)5/h14-19,25-26,30-34H,20-24H2,1-13H3/t25?,26?,30?,31-,32+,33-,34+/m1/s1. The molecule has 48 heavy (non-hydrogen) atoms. The number of hydrogen-bond donors (Lipinski definition) is 0. The molecule has 272 valence electrons. The molecule has 3 unspecified atom stereocenters. The number of carbonyl (C=O) groups is 1. The summed E-state index contributed by atoms with van der Waals surface area (Å²) in [6.07, 6.45) is 1.91. The second-order valence-electron chi connectivity index (χ2n) is 16.5. The molecule has 1 aromatic rings. The van der Waals surface area contributed by atoms with Crippen molar-refractivity contribution in [3.63, 3.8) is 0 Å². The lowest BCUT2D eigenvalue weighted by atomic mass is 9.86. The maximum absolute atomic E-state index is 13.7. The van der Waals surface area contributed by atoms with E-state index in [1.54, 1.807) is 7.11 Å². The molecule has 0 saturated carbocycles. The summed E-state index contributed by atoms with van der Waals surface area (Å²) in [4.78, 5) is 16.7. The number of Topliss-reactive ketones (excluding diaryl/α,β-unsaturated/α-hetero) is 1. The van der Waals surface area contributed by atoms with Gasteiger partial charge in [-0.2, -0.15) is 0 Å². The van der Waals surface area contributed by atoms with Crippen LogP contribution >= 0.6 is 22.6 Å². The first kappa shape index (κ1) is 42.9. The molecule has 2 rings (SSSR count). The van der Waals surface area contributed by atoms with Gasteiger partial charge in [0.05, 0.1) is 50.8 Å². The Kier molecular flexibility index (Phi) is 16.4. The van der Waals surface area contributed by atoms with E-state index < -0.39 is 22.7 Å². The third-order valence-electron chi connectivity index (χ3n) is 10.5. The normalized spacial score (nSPS) is 23.0. The van der Waals surface area contributed by atoms with Gasteiger partial charge in [-0.1, -0.05) is 95.2 Å². The number of benzene rings is 1. The van der Waals surface area contributed by atoms with E-state index in [0.717, 1.165) is 11.3 Å². The van der Waals surface area contributed by atoms with Crippen molar-refractivity contribution >= 4 is 45.0 Å². The molecule has 0 amide bonds. The van der Waals surface area contributed by atoms with Gasteiger partial charge >= 0.3 is 0 Å². The molecule has 0 radical (unpaired) electrons. The molecule has 9 nitrogen and oxygen atoms in total. The van der Waals surface area contributed by atoms with Gasteiger partial charge in [0.15, 0.2) is 16.6 Å². The summed E-state index contributed by atoms with van der Waals surface area (Å²) in [6.45, 7) is 27.1. The minimum atomic E-state index is -2.21. The van der Waals surface area contributed by atoms with Crippen molar-refractivity contribution in [2.75, 3.05) is 13.7 Å². The van der Waals surface area contributed by atoms with Crippen LogP contribution in [0.5, 0.6) is 5.75 Å². The highest BCUT2D eigenvalue weighted by molar-refractivity contribution is 14.1. The molecule has 0 aliphatic carbocycles. The van der Waals surface area contributed by atoms with Gasteiger partial charge in [0, 0.05) is 24.2 Å². The minimum absolute atomic E-state index is 0.00178. The first-order valence-electron chi connectivity index (χ1n) is 17.2. The van der Waals surface area contributed by atoms with Gasteiger partial charge in [-0.25, -0.2) is 0 Å². The number of rotatable bonds is 17. The largest absolute Gasteiger partial charge is 0.497 e. The summed E-state index contributed by atoms with van der Waals surface area (Å²) < 4.78 is 34.3. The van der Waals surface area contributed by atoms with Crippen LogP contribution in [0.25, 0.3) is 10.4 Å². The molecular weight excluding hydrogens is 753 g/mol. The first-order valence-corrected chi connectivity index (χ1v) is 24.3. The van der Waals surface area contributed by atoms with Gasteiger partial charge in [-0.3, -0.25) is 4.79 Å². The van der Waals surface area contributed by atoms with Gasteiger partial charge in [0.2, 0.25) is 0 Å². The van der Waals surface area contributed by atoms with Crippen LogP contribution < -0.4 is 4.74 Å². The number of ether oxygens (including phenoxy) is 3. The SMILES string of the molecule is COc1ccc(COC(C=CI)C(C)CC(=O)CC(C)[C@@H]2O[C@H](CN=[N+]=[N-])[C@H](O[Si](C)(C)C(C)(C)C)C[C@@H]2O[Si](C)(C)C(C)(C)C)cc1. The highest BCUT2D eigenvalue weighted by Crippen LogP contribution is 2.43. The average molecular weight is 816 g/mol. The van der Waals surface area contributed by atoms with Gasteiger partial charge < -0.3 is 23.1 Å². The Labute approximate surface area is 306 Å². The van der Waals surface area contributed by atoms with Crippen LogP contribution in [0.2, 0.25) is 36.3 Å². The predicted octanol–water partition coefficient (Wildman–Crippen LogP) is 10.4. The van der Waals surface area contributed by atoms with Crippen LogP contribution in [0.4, 0.5) is 0 Å². The summed E-state index contributed by atoms with van der Waals surface area (Å²) >= 11 is 2.20. The second-order valence-corrected chi connectivity index (χ2v) is 26.7. The predicted molar refractivity (Wildman–Crippen MR) is 209 cm³/mol. The molecule has 1 aliphatic heterocycles. The number of nitrogens with zero attached hydrogens (tertiary/aromatic N) is 3. The van der Waals surface area contributed by atoms with Crippen LogP contribution in [0.3, 0.4) is 0 Å². The Morgan fingerprint density at radius 3 is 2.08 bits per heavy atom. The zero-order valence-corrected chi connectivity index (χ0v) is 35.9. The van der Waals surface area contributed by atoms with E-state index in [2.05, 4.69) is 114 Å². The van der Waals surface area contributed by atoms with Crippen LogP contribution in [-0.2, 0) is 29.7 Å². The highest BCUT2D eigenvalue weighted by Gasteiger charge is 2.49. The summed E-state index contributed by atoms with van der Waals surface area (Å²) in [5, 5.41) is 3.92. The number of hydrogen-bond acceptors (Lipinski definition) is 7. The number of azide groups is 1. The van der Waals surface area contributed by atoms with Crippen LogP contribution in [-0.4, -0.2) is 66.6 Å². The lowest BCUT2D eigenvalue weighted by Crippen LogP contribution is -2.59. The Balaban J connectivity index is 2.26. The summed E-state index contributed by atoms with van der Waals surface area (Å²) in [6, 6.07) is 7.82. The number of methoxy groups -OCH3 is 1. The van der Waals surface area contributed by atoms with Crippen molar-refractivity contribution in [3.8, 4) is 5.75 Å². The monoisotopic (exact) mass is 815 g/mol. The van der Waals surface area contributed by atoms with E-state index in [9.17, 15) is 10.3 Å². The number of halogens is 1. The van der Waals surface area contributed by atoms with E-state index in [-0.39, 0.29) is 58.7 Å². The zero-order valence-electron chi connectivity index (χ0n) is 31.7. The molecular formula is C36H62IN3O6Si2. The Morgan fingerprint density at radius 1 is 1.02 bits per heavy atom. The molecule has 1 fully saturated rings. The molecule has 0 N–H and O–H groups in total. The second kappa shape index (κ2) is 18.3. The third-order valence-corrected chi connectivity index (χ3v) is 19.9. The van der Waals surface area contributed by atoms with Gasteiger partial charge in [-0.15, -0.1) is 0 Å². The lowest BCUT2D eigenvalue weighted by molar-refractivity contribution is -0.173. The minimum Gasteiger partial charge on any atom is -0.497 e. The molecule has 1 aromatic carbocycles. The quantitative estimate of drug-likeness (QED) is 0.0509. The van der Waals surface area contributed by atoms with Crippen LogP contribution in [0.1, 0.15) is 80.2 Å². The molecule has 1 aliphatic rings.